The van der Waals surface area contributed by atoms with Crippen LogP contribution in [0.25, 0.3) is 0 Å². The van der Waals surface area contributed by atoms with Crippen LogP contribution in [0.1, 0.15) is 26.7 Å². The van der Waals surface area contributed by atoms with Gasteiger partial charge in [-0.3, -0.25) is 4.79 Å². The summed E-state index contributed by atoms with van der Waals surface area (Å²) in [5, 5.41) is 11.9. The topological polar surface area (TPSA) is 58.6 Å². The summed E-state index contributed by atoms with van der Waals surface area (Å²) in [6.07, 6.45) is 0.870. The Labute approximate surface area is 79.3 Å². The first kappa shape index (κ1) is 12.4. The number of carbonyl (C=O) groups excluding carboxylic acids is 1. The van der Waals surface area contributed by atoms with E-state index in [-0.39, 0.29) is 12.1 Å². The van der Waals surface area contributed by atoms with Crippen molar-refractivity contribution in [2.24, 2.45) is 0 Å². The molecule has 1 atom stereocenters. The summed E-state index contributed by atoms with van der Waals surface area (Å²) in [6, 6.07) is 0. The van der Waals surface area contributed by atoms with E-state index < -0.39 is 0 Å². The van der Waals surface area contributed by atoms with Gasteiger partial charge in [0.1, 0.15) is 0 Å². The summed E-state index contributed by atoms with van der Waals surface area (Å²) in [5.74, 6) is -0.152. The summed E-state index contributed by atoms with van der Waals surface area (Å²) < 4.78 is 4.75. The van der Waals surface area contributed by atoms with Crippen molar-refractivity contribution < 1.29 is 14.6 Å². The average Bonchev–Trinajstić information content (AvgIpc) is 2.03. The minimum absolute atomic E-state index is 0.152. The third-order valence-corrected chi connectivity index (χ3v) is 1.48. The molecule has 78 valence electrons. The second kappa shape index (κ2) is 8.01. The Morgan fingerprint density at radius 1 is 1.62 bits per heavy atom. The number of carbonyl (C=O) groups is 1. The Balaban J connectivity index is 3.11. The molecule has 2 N–H and O–H groups in total. The maximum Gasteiger partial charge on any atom is 0.305 e. The van der Waals surface area contributed by atoms with Crippen molar-refractivity contribution in [3.8, 4) is 0 Å². The molecule has 0 aliphatic rings. The lowest BCUT2D eigenvalue weighted by atomic mass is 10.3. The number of nitrogens with one attached hydrogen (secondary N) is 1. The Morgan fingerprint density at radius 2 is 2.31 bits per heavy atom. The molecule has 4 heteroatoms. The first-order valence-corrected chi connectivity index (χ1v) is 4.71. The number of esters is 1. The second-order valence-corrected chi connectivity index (χ2v) is 2.96. The molecule has 0 aromatic carbocycles. The van der Waals surface area contributed by atoms with Crippen LogP contribution >= 0.6 is 0 Å². The van der Waals surface area contributed by atoms with Crippen molar-refractivity contribution in [2.75, 3.05) is 19.7 Å². The van der Waals surface area contributed by atoms with Crippen molar-refractivity contribution in [1.29, 1.82) is 0 Å². The monoisotopic (exact) mass is 189 g/mol. The summed E-state index contributed by atoms with van der Waals surface area (Å²) in [7, 11) is 0. The zero-order valence-electron chi connectivity index (χ0n) is 8.38. The van der Waals surface area contributed by atoms with E-state index in [0.717, 1.165) is 13.0 Å². The van der Waals surface area contributed by atoms with Crippen LogP contribution in [0.4, 0.5) is 0 Å². The van der Waals surface area contributed by atoms with Crippen LogP contribution in [-0.2, 0) is 9.53 Å². The molecule has 0 bridgehead atoms. The Morgan fingerprint density at radius 3 is 2.85 bits per heavy atom. The van der Waals surface area contributed by atoms with Gasteiger partial charge in [0.2, 0.25) is 0 Å². The largest absolute Gasteiger partial charge is 0.466 e. The van der Waals surface area contributed by atoms with Crippen molar-refractivity contribution in [2.45, 2.75) is 32.8 Å². The third kappa shape index (κ3) is 9.30. The van der Waals surface area contributed by atoms with Crippen molar-refractivity contribution in [3.63, 3.8) is 0 Å². The molecule has 0 radical (unpaired) electrons. The van der Waals surface area contributed by atoms with E-state index in [9.17, 15) is 4.79 Å². The van der Waals surface area contributed by atoms with Gasteiger partial charge in [0.15, 0.2) is 0 Å². The zero-order valence-corrected chi connectivity index (χ0v) is 8.38. The highest BCUT2D eigenvalue weighted by atomic mass is 16.5. The lowest BCUT2D eigenvalue weighted by molar-refractivity contribution is -0.143. The Kier molecular flexibility index (Phi) is 7.63. The number of aliphatic hydroxyl groups is 1. The predicted molar refractivity (Wildman–Crippen MR) is 50.4 cm³/mol. The standard InChI is InChI=1S/C9H19NO3/c1-3-13-9(12)5-4-6-10-7-8(2)11/h8,10-11H,3-7H2,1-2H3/t8-/m0/s1. The first-order valence-electron chi connectivity index (χ1n) is 4.71. The van der Waals surface area contributed by atoms with Crippen LogP contribution < -0.4 is 5.32 Å². The molecule has 13 heavy (non-hydrogen) atoms. The molecule has 0 spiro atoms. The second-order valence-electron chi connectivity index (χ2n) is 2.96. The molecule has 0 aromatic heterocycles. The summed E-state index contributed by atoms with van der Waals surface area (Å²) in [4.78, 5) is 10.8. The molecular formula is C9H19NO3. The molecule has 0 rings (SSSR count). The predicted octanol–water partition coefficient (Wildman–Crippen LogP) is 0.300. The van der Waals surface area contributed by atoms with E-state index >= 15 is 0 Å². The van der Waals surface area contributed by atoms with E-state index in [1.54, 1.807) is 13.8 Å². The normalized spacial score (nSPS) is 12.5. The maximum absolute atomic E-state index is 10.8. The molecule has 0 amide bonds. The first-order chi connectivity index (χ1) is 6.16. The number of hydrogen-bond donors (Lipinski definition) is 2. The van der Waals surface area contributed by atoms with E-state index in [0.29, 0.717) is 19.6 Å². The van der Waals surface area contributed by atoms with Gasteiger partial charge in [0.05, 0.1) is 12.7 Å². The van der Waals surface area contributed by atoms with Gasteiger partial charge in [-0.25, -0.2) is 0 Å². The number of ether oxygens (including phenoxy) is 1. The van der Waals surface area contributed by atoms with Gasteiger partial charge in [0.25, 0.3) is 0 Å². The zero-order chi connectivity index (χ0) is 10.1. The lowest BCUT2D eigenvalue weighted by Gasteiger charge is -2.06. The highest BCUT2D eigenvalue weighted by molar-refractivity contribution is 5.69. The molecule has 0 aliphatic carbocycles. The Bertz CT molecular complexity index is 137. The fourth-order valence-corrected chi connectivity index (χ4v) is 0.902. The molecule has 0 heterocycles. The molecule has 0 aliphatic heterocycles. The summed E-state index contributed by atoms with van der Waals surface area (Å²) in [5.41, 5.74) is 0. The molecule has 0 unspecified atom stereocenters. The average molecular weight is 189 g/mol. The van der Waals surface area contributed by atoms with Crippen molar-refractivity contribution >= 4 is 5.97 Å². The van der Waals surface area contributed by atoms with Crippen LogP contribution in [0, 0.1) is 0 Å². The maximum atomic E-state index is 10.8. The van der Waals surface area contributed by atoms with Gasteiger partial charge in [-0.05, 0) is 26.8 Å². The molecular weight excluding hydrogens is 170 g/mol. The molecule has 0 aromatic rings. The highest BCUT2D eigenvalue weighted by Crippen LogP contribution is 1.91. The van der Waals surface area contributed by atoms with Crippen LogP contribution in [0.5, 0.6) is 0 Å². The number of rotatable bonds is 7. The van der Waals surface area contributed by atoms with Gasteiger partial charge in [-0.2, -0.15) is 0 Å². The fraction of sp³-hybridized carbons (Fsp3) is 0.889. The van der Waals surface area contributed by atoms with E-state index in [2.05, 4.69) is 5.32 Å². The van der Waals surface area contributed by atoms with Gasteiger partial charge >= 0.3 is 5.97 Å². The van der Waals surface area contributed by atoms with Gasteiger partial charge in [-0.1, -0.05) is 0 Å². The molecule has 0 saturated carbocycles. The summed E-state index contributed by atoms with van der Waals surface area (Å²) >= 11 is 0. The van der Waals surface area contributed by atoms with Crippen LogP contribution in [0.2, 0.25) is 0 Å². The van der Waals surface area contributed by atoms with E-state index in [1.807, 2.05) is 0 Å². The summed E-state index contributed by atoms with van der Waals surface area (Å²) in [6.45, 7) is 5.27. The van der Waals surface area contributed by atoms with Crippen molar-refractivity contribution in [1.82, 2.24) is 5.32 Å². The van der Waals surface area contributed by atoms with Gasteiger partial charge in [-0.15, -0.1) is 0 Å². The smallest absolute Gasteiger partial charge is 0.305 e. The van der Waals surface area contributed by atoms with Crippen molar-refractivity contribution in [3.05, 3.63) is 0 Å². The van der Waals surface area contributed by atoms with Gasteiger partial charge in [0, 0.05) is 13.0 Å². The Hall–Kier alpha value is -0.610. The van der Waals surface area contributed by atoms with E-state index in [1.165, 1.54) is 0 Å². The number of hydrogen-bond acceptors (Lipinski definition) is 4. The van der Waals surface area contributed by atoms with Gasteiger partial charge < -0.3 is 15.2 Å². The minimum atomic E-state index is -0.331. The number of aliphatic hydroxyl groups excluding tert-OH is 1. The molecule has 4 nitrogen and oxygen atoms in total. The SMILES string of the molecule is CCOC(=O)CCCNC[C@H](C)O. The van der Waals surface area contributed by atoms with Crippen LogP contribution in [0.15, 0.2) is 0 Å². The van der Waals surface area contributed by atoms with Crippen LogP contribution in [0.3, 0.4) is 0 Å². The fourth-order valence-electron chi connectivity index (χ4n) is 0.902. The quantitative estimate of drug-likeness (QED) is 0.447. The molecule has 0 saturated heterocycles. The minimum Gasteiger partial charge on any atom is -0.466 e. The molecule has 0 fully saturated rings. The van der Waals surface area contributed by atoms with Crippen LogP contribution in [-0.4, -0.2) is 36.9 Å². The highest BCUT2D eigenvalue weighted by Gasteiger charge is 2.00. The third-order valence-electron chi connectivity index (χ3n) is 1.48. The lowest BCUT2D eigenvalue weighted by Crippen LogP contribution is -2.25. The van der Waals surface area contributed by atoms with E-state index in [4.69, 9.17) is 9.84 Å².